The number of hydrogen-bond donors (Lipinski definition) is 2. The van der Waals surface area contributed by atoms with Crippen molar-refractivity contribution < 1.29 is 9.53 Å². The van der Waals surface area contributed by atoms with Gasteiger partial charge < -0.3 is 20.3 Å². The summed E-state index contributed by atoms with van der Waals surface area (Å²) in [6.07, 6.45) is 4.40. The average molecular weight is 361 g/mol. The van der Waals surface area contributed by atoms with Crippen LogP contribution in [0.3, 0.4) is 0 Å². The van der Waals surface area contributed by atoms with Gasteiger partial charge in [-0.2, -0.15) is 0 Å². The molecule has 0 unspecified atom stereocenters. The number of carbonyl (C=O) groups excluding carboxylic acids is 1. The van der Waals surface area contributed by atoms with Crippen molar-refractivity contribution >= 4 is 11.9 Å². The Morgan fingerprint density at radius 3 is 2.77 bits per heavy atom. The molecule has 6 nitrogen and oxygen atoms in total. The molecule has 1 fully saturated rings. The Kier molecular flexibility index (Phi) is 8.79. The maximum Gasteiger partial charge on any atom is 0.241 e. The van der Waals surface area contributed by atoms with Crippen molar-refractivity contribution in [1.82, 2.24) is 15.5 Å². The second kappa shape index (κ2) is 11.4. The van der Waals surface area contributed by atoms with Crippen LogP contribution in [0.1, 0.15) is 45.1 Å². The van der Waals surface area contributed by atoms with E-state index in [0.29, 0.717) is 12.5 Å². The Morgan fingerprint density at radius 2 is 2.04 bits per heavy atom. The number of carbonyl (C=O) groups is 1. The van der Waals surface area contributed by atoms with Gasteiger partial charge in [-0.15, -0.1) is 0 Å². The largest absolute Gasteiger partial charge is 0.494 e. The average Bonchev–Trinajstić information content (AvgIpc) is 3.19. The fourth-order valence-corrected chi connectivity index (χ4v) is 2.82. The van der Waals surface area contributed by atoms with Crippen LogP contribution < -0.4 is 15.4 Å². The van der Waals surface area contributed by atoms with Crippen LogP contribution >= 0.6 is 0 Å². The van der Waals surface area contributed by atoms with Crippen molar-refractivity contribution in [3.05, 3.63) is 29.8 Å². The van der Waals surface area contributed by atoms with E-state index in [2.05, 4.69) is 22.5 Å². The summed E-state index contributed by atoms with van der Waals surface area (Å²) in [5.41, 5.74) is 1.09. The van der Waals surface area contributed by atoms with E-state index in [1.807, 2.05) is 36.1 Å². The van der Waals surface area contributed by atoms with E-state index >= 15 is 0 Å². The number of nitrogens with one attached hydrogen (secondary N) is 2. The summed E-state index contributed by atoms with van der Waals surface area (Å²) in [4.78, 5) is 18.7. The topological polar surface area (TPSA) is 66.0 Å². The highest BCUT2D eigenvalue weighted by Gasteiger charge is 2.17. The molecule has 0 aliphatic carbocycles. The summed E-state index contributed by atoms with van der Waals surface area (Å²) in [5, 5.41) is 6.33. The van der Waals surface area contributed by atoms with E-state index < -0.39 is 0 Å². The number of benzene rings is 1. The Labute approximate surface area is 157 Å². The monoisotopic (exact) mass is 360 g/mol. The molecule has 1 saturated heterocycles. The van der Waals surface area contributed by atoms with Gasteiger partial charge in [-0.25, -0.2) is 4.99 Å². The van der Waals surface area contributed by atoms with E-state index in [4.69, 9.17) is 4.74 Å². The first kappa shape index (κ1) is 20.1. The first-order valence-corrected chi connectivity index (χ1v) is 9.74. The highest BCUT2D eigenvalue weighted by Crippen LogP contribution is 2.14. The molecule has 26 heavy (non-hydrogen) atoms. The SMILES string of the molecule is CCCCOc1cccc(CN=C(NCC)NCC(=O)N2CCCC2)c1. The van der Waals surface area contributed by atoms with Gasteiger partial charge in [-0.05, 0) is 43.9 Å². The van der Waals surface area contributed by atoms with Gasteiger partial charge in [-0.3, -0.25) is 4.79 Å². The third-order valence-electron chi connectivity index (χ3n) is 4.29. The molecule has 1 heterocycles. The number of aliphatic imine (C=N–C) groups is 1. The fourth-order valence-electron chi connectivity index (χ4n) is 2.82. The van der Waals surface area contributed by atoms with Gasteiger partial charge in [0.25, 0.3) is 0 Å². The summed E-state index contributed by atoms with van der Waals surface area (Å²) in [6, 6.07) is 8.03. The van der Waals surface area contributed by atoms with E-state index in [1.165, 1.54) is 0 Å². The van der Waals surface area contributed by atoms with Crippen molar-refractivity contribution in [2.24, 2.45) is 4.99 Å². The predicted molar refractivity (Wildman–Crippen MR) is 105 cm³/mol. The first-order valence-electron chi connectivity index (χ1n) is 9.74. The number of amides is 1. The molecule has 144 valence electrons. The molecule has 1 aliphatic heterocycles. The summed E-state index contributed by atoms with van der Waals surface area (Å²) >= 11 is 0. The smallest absolute Gasteiger partial charge is 0.241 e. The summed E-state index contributed by atoms with van der Waals surface area (Å²) in [7, 11) is 0. The zero-order chi connectivity index (χ0) is 18.6. The highest BCUT2D eigenvalue weighted by molar-refractivity contribution is 5.86. The normalized spacial score (nSPS) is 14.4. The van der Waals surface area contributed by atoms with Crippen LogP contribution in [0.2, 0.25) is 0 Å². The summed E-state index contributed by atoms with van der Waals surface area (Å²) < 4.78 is 5.75. The molecule has 0 radical (unpaired) electrons. The molecule has 1 aliphatic rings. The molecule has 1 aromatic rings. The maximum absolute atomic E-state index is 12.2. The lowest BCUT2D eigenvalue weighted by atomic mass is 10.2. The summed E-state index contributed by atoms with van der Waals surface area (Å²) in [5.74, 6) is 1.69. The molecule has 0 spiro atoms. The minimum Gasteiger partial charge on any atom is -0.494 e. The number of hydrogen-bond acceptors (Lipinski definition) is 3. The van der Waals surface area contributed by atoms with Gasteiger partial charge in [0.2, 0.25) is 5.91 Å². The fraction of sp³-hybridized carbons (Fsp3) is 0.600. The number of likely N-dealkylation sites (tertiary alicyclic amines) is 1. The third kappa shape index (κ3) is 6.94. The molecule has 6 heteroatoms. The lowest BCUT2D eigenvalue weighted by molar-refractivity contribution is -0.128. The minimum absolute atomic E-state index is 0.138. The molecule has 2 N–H and O–H groups in total. The second-order valence-corrected chi connectivity index (χ2v) is 6.49. The standard InChI is InChI=1S/C20H32N4O2/c1-3-5-13-26-18-10-8-9-17(14-18)15-22-20(21-4-2)23-16-19(25)24-11-6-7-12-24/h8-10,14H,3-7,11-13,15-16H2,1-2H3,(H2,21,22,23). The van der Waals surface area contributed by atoms with Crippen LogP contribution in [0, 0.1) is 0 Å². The van der Waals surface area contributed by atoms with Gasteiger partial charge in [0, 0.05) is 19.6 Å². The molecule has 0 bridgehead atoms. The summed E-state index contributed by atoms with van der Waals surface area (Å²) in [6.45, 7) is 8.23. The van der Waals surface area contributed by atoms with Crippen LogP contribution in [-0.2, 0) is 11.3 Å². The number of ether oxygens (including phenoxy) is 1. The van der Waals surface area contributed by atoms with E-state index in [-0.39, 0.29) is 12.5 Å². The molecular formula is C20H32N4O2. The van der Waals surface area contributed by atoms with Gasteiger partial charge in [0.1, 0.15) is 5.75 Å². The Morgan fingerprint density at radius 1 is 1.23 bits per heavy atom. The minimum atomic E-state index is 0.138. The zero-order valence-electron chi connectivity index (χ0n) is 16.1. The van der Waals surface area contributed by atoms with Gasteiger partial charge in [0.15, 0.2) is 5.96 Å². The van der Waals surface area contributed by atoms with Crippen molar-refractivity contribution in [3.63, 3.8) is 0 Å². The molecular weight excluding hydrogens is 328 g/mol. The van der Waals surface area contributed by atoms with Gasteiger partial charge in [0.05, 0.1) is 19.7 Å². The quantitative estimate of drug-likeness (QED) is 0.403. The number of rotatable bonds is 9. The van der Waals surface area contributed by atoms with Crippen LogP contribution in [0.5, 0.6) is 5.75 Å². The zero-order valence-corrected chi connectivity index (χ0v) is 16.1. The predicted octanol–water partition coefficient (Wildman–Crippen LogP) is 2.54. The Bertz CT molecular complexity index is 583. The van der Waals surface area contributed by atoms with Crippen molar-refractivity contribution in [1.29, 1.82) is 0 Å². The Hall–Kier alpha value is -2.24. The molecule has 2 rings (SSSR count). The second-order valence-electron chi connectivity index (χ2n) is 6.49. The molecule has 0 atom stereocenters. The van der Waals surface area contributed by atoms with Gasteiger partial charge in [-0.1, -0.05) is 25.5 Å². The third-order valence-corrected chi connectivity index (χ3v) is 4.29. The molecule has 0 aromatic heterocycles. The first-order chi connectivity index (χ1) is 12.7. The molecule has 1 amide bonds. The number of guanidine groups is 1. The van der Waals surface area contributed by atoms with Crippen LogP contribution in [0.15, 0.2) is 29.3 Å². The maximum atomic E-state index is 12.2. The van der Waals surface area contributed by atoms with Crippen LogP contribution in [0.25, 0.3) is 0 Å². The molecule has 0 saturated carbocycles. The van der Waals surface area contributed by atoms with Gasteiger partial charge >= 0.3 is 0 Å². The van der Waals surface area contributed by atoms with E-state index in [9.17, 15) is 4.79 Å². The van der Waals surface area contributed by atoms with Crippen molar-refractivity contribution in [2.45, 2.75) is 46.1 Å². The van der Waals surface area contributed by atoms with Crippen LogP contribution in [-0.4, -0.2) is 49.6 Å². The highest BCUT2D eigenvalue weighted by atomic mass is 16.5. The lowest BCUT2D eigenvalue weighted by Crippen LogP contribution is -2.44. The Balaban J connectivity index is 1.87. The number of unbranched alkanes of at least 4 members (excludes halogenated alkanes) is 1. The lowest BCUT2D eigenvalue weighted by Gasteiger charge is -2.17. The van der Waals surface area contributed by atoms with E-state index in [1.54, 1.807) is 0 Å². The number of nitrogens with zero attached hydrogens (tertiary/aromatic N) is 2. The van der Waals surface area contributed by atoms with E-state index in [0.717, 1.165) is 63.2 Å². The van der Waals surface area contributed by atoms with Crippen molar-refractivity contribution in [2.75, 3.05) is 32.8 Å². The molecule has 1 aromatic carbocycles. The van der Waals surface area contributed by atoms with Crippen LogP contribution in [0.4, 0.5) is 0 Å². The van der Waals surface area contributed by atoms with Crippen molar-refractivity contribution in [3.8, 4) is 5.75 Å².